The molecule has 2 saturated heterocycles. The SMILES string of the molecule is [CH2]C(=O)N1CCCC(N2CCCC2)C1. The quantitative estimate of drug-likeness (QED) is 0.621. The highest BCUT2D eigenvalue weighted by Crippen LogP contribution is 2.20. The van der Waals surface area contributed by atoms with Crippen molar-refractivity contribution < 1.29 is 4.79 Å². The van der Waals surface area contributed by atoms with Gasteiger partial charge < -0.3 is 4.90 Å². The molecule has 1 unspecified atom stereocenters. The average molecular weight is 195 g/mol. The van der Waals surface area contributed by atoms with Gasteiger partial charge in [0.25, 0.3) is 0 Å². The molecule has 1 atom stereocenters. The molecule has 3 nitrogen and oxygen atoms in total. The highest BCUT2D eigenvalue weighted by Gasteiger charge is 2.27. The molecule has 0 N–H and O–H groups in total. The molecule has 2 heterocycles. The van der Waals surface area contributed by atoms with Gasteiger partial charge in [0.2, 0.25) is 5.91 Å². The molecular weight excluding hydrogens is 176 g/mol. The predicted molar refractivity (Wildman–Crippen MR) is 55.8 cm³/mol. The fourth-order valence-electron chi connectivity index (χ4n) is 2.59. The van der Waals surface area contributed by atoms with Crippen LogP contribution in [0.2, 0.25) is 0 Å². The van der Waals surface area contributed by atoms with Gasteiger partial charge in [0.1, 0.15) is 0 Å². The fourth-order valence-corrected chi connectivity index (χ4v) is 2.59. The minimum absolute atomic E-state index is 0.00565. The van der Waals surface area contributed by atoms with E-state index in [2.05, 4.69) is 11.8 Å². The molecule has 0 aromatic heterocycles. The van der Waals surface area contributed by atoms with Crippen LogP contribution in [0.25, 0.3) is 0 Å². The van der Waals surface area contributed by atoms with Gasteiger partial charge >= 0.3 is 0 Å². The number of carbonyl (C=O) groups is 1. The maximum Gasteiger partial charge on any atom is 0.223 e. The lowest BCUT2D eigenvalue weighted by atomic mass is 10.0. The lowest BCUT2D eigenvalue weighted by Crippen LogP contribution is -2.48. The number of amides is 1. The van der Waals surface area contributed by atoms with E-state index in [1.54, 1.807) is 0 Å². The van der Waals surface area contributed by atoms with Crippen molar-refractivity contribution in [2.45, 2.75) is 31.7 Å². The third kappa shape index (κ3) is 2.08. The van der Waals surface area contributed by atoms with Crippen molar-refractivity contribution in [2.24, 2.45) is 0 Å². The van der Waals surface area contributed by atoms with E-state index in [0.29, 0.717) is 6.04 Å². The van der Waals surface area contributed by atoms with Gasteiger partial charge in [-0.15, -0.1) is 0 Å². The predicted octanol–water partition coefficient (Wildman–Crippen LogP) is 0.907. The molecule has 0 aliphatic carbocycles. The number of hydrogen-bond acceptors (Lipinski definition) is 2. The van der Waals surface area contributed by atoms with E-state index in [-0.39, 0.29) is 5.91 Å². The molecule has 79 valence electrons. The molecule has 3 heteroatoms. The summed E-state index contributed by atoms with van der Waals surface area (Å²) >= 11 is 0. The average Bonchev–Trinajstić information content (AvgIpc) is 2.71. The maximum atomic E-state index is 11.2. The first kappa shape index (κ1) is 9.97. The molecule has 2 rings (SSSR count). The molecule has 0 saturated carbocycles. The van der Waals surface area contributed by atoms with Crippen LogP contribution in [0.5, 0.6) is 0 Å². The summed E-state index contributed by atoms with van der Waals surface area (Å²) in [4.78, 5) is 15.6. The molecule has 2 aliphatic heterocycles. The minimum Gasteiger partial charge on any atom is -0.341 e. The zero-order chi connectivity index (χ0) is 9.97. The summed E-state index contributed by atoms with van der Waals surface area (Å²) in [6, 6.07) is 0.608. The van der Waals surface area contributed by atoms with Crippen LogP contribution in [0, 0.1) is 6.92 Å². The number of rotatable bonds is 1. The first-order valence-electron chi connectivity index (χ1n) is 5.62. The molecule has 1 radical (unpaired) electrons. The Morgan fingerprint density at radius 1 is 1.14 bits per heavy atom. The number of likely N-dealkylation sites (tertiary alicyclic amines) is 2. The summed E-state index contributed by atoms with van der Waals surface area (Å²) < 4.78 is 0. The molecule has 2 fully saturated rings. The molecular formula is C11H19N2O. The number of nitrogens with zero attached hydrogens (tertiary/aromatic N) is 2. The highest BCUT2D eigenvalue weighted by molar-refractivity contribution is 5.80. The molecule has 0 aromatic carbocycles. The van der Waals surface area contributed by atoms with Crippen LogP contribution in [-0.2, 0) is 4.79 Å². The van der Waals surface area contributed by atoms with Crippen LogP contribution in [-0.4, -0.2) is 47.9 Å². The smallest absolute Gasteiger partial charge is 0.223 e. The van der Waals surface area contributed by atoms with Crippen molar-refractivity contribution in [3.05, 3.63) is 6.92 Å². The largest absolute Gasteiger partial charge is 0.341 e. The maximum absolute atomic E-state index is 11.2. The second-order valence-corrected chi connectivity index (χ2v) is 4.38. The lowest BCUT2D eigenvalue weighted by molar-refractivity contribution is -0.128. The minimum atomic E-state index is -0.00565. The topological polar surface area (TPSA) is 23.6 Å². The number of carbonyl (C=O) groups excluding carboxylic acids is 1. The van der Waals surface area contributed by atoms with E-state index < -0.39 is 0 Å². The van der Waals surface area contributed by atoms with Gasteiger partial charge in [0.05, 0.1) is 0 Å². The van der Waals surface area contributed by atoms with Crippen LogP contribution in [0.15, 0.2) is 0 Å². The molecule has 0 bridgehead atoms. The monoisotopic (exact) mass is 195 g/mol. The Hall–Kier alpha value is -0.570. The Labute approximate surface area is 86.1 Å². The van der Waals surface area contributed by atoms with Crippen molar-refractivity contribution in [1.29, 1.82) is 0 Å². The Bertz CT molecular complexity index is 211. The van der Waals surface area contributed by atoms with E-state index >= 15 is 0 Å². The molecule has 0 spiro atoms. The van der Waals surface area contributed by atoms with Crippen LogP contribution < -0.4 is 0 Å². The molecule has 1 amide bonds. The molecule has 0 aromatic rings. The summed E-state index contributed by atoms with van der Waals surface area (Å²) in [7, 11) is 0. The van der Waals surface area contributed by atoms with Gasteiger partial charge in [-0.3, -0.25) is 9.69 Å². The summed E-state index contributed by atoms with van der Waals surface area (Å²) in [5, 5.41) is 0. The summed E-state index contributed by atoms with van der Waals surface area (Å²) in [5.74, 6) is -0.00565. The van der Waals surface area contributed by atoms with Gasteiger partial charge in [-0.05, 0) is 38.8 Å². The fraction of sp³-hybridized carbons (Fsp3) is 0.818. The van der Waals surface area contributed by atoms with Crippen LogP contribution in [0.4, 0.5) is 0 Å². The van der Waals surface area contributed by atoms with Gasteiger partial charge in [-0.1, -0.05) is 0 Å². The Morgan fingerprint density at radius 2 is 1.86 bits per heavy atom. The van der Waals surface area contributed by atoms with Crippen molar-refractivity contribution in [2.75, 3.05) is 26.2 Å². The summed E-state index contributed by atoms with van der Waals surface area (Å²) in [6.45, 7) is 7.76. The van der Waals surface area contributed by atoms with E-state index in [1.165, 1.54) is 32.4 Å². The zero-order valence-electron chi connectivity index (χ0n) is 8.74. The Morgan fingerprint density at radius 3 is 2.50 bits per heavy atom. The van der Waals surface area contributed by atoms with E-state index in [9.17, 15) is 4.79 Å². The normalized spacial score (nSPS) is 29.5. The summed E-state index contributed by atoms with van der Waals surface area (Å²) in [5.41, 5.74) is 0. The lowest BCUT2D eigenvalue weighted by Gasteiger charge is -2.37. The van der Waals surface area contributed by atoms with Gasteiger partial charge in [0, 0.05) is 26.1 Å². The van der Waals surface area contributed by atoms with Crippen molar-refractivity contribution >= 4 is 5.91 Å². The second-order valence-electron chi connectivity index (χ2n) is 4.38. The first-order valence-corrected chi connectivity index (χ1v) is 5.62. The van der Waals surface area contributed by atoms with E-state index in [0.717, 1.165) is 19.5 Å². The number of hydrogen-bond donors (Lipinski definition) is 0. The van der Waals surface area contributed by atoms with Crippen molar-refractivity contribution in [3.63, 3.8) is 0 Å². The molecule has 14 heavy (non-hydrogen) atoms. The van der Waals surface area contributed by atoms with Gasteiger partial charge in [-0.2, -0.15) is 0 Å². The van der Waals surface area contributed by atoms with Crippen LogP contribution >= 0.6 is 0 Å². The van der Waals surface area contributed by atoms with Crippen LogP contribution in [0.1, 0.15) is 25.7 Å². The zero-order valence-corrected chi connectivity index (χ0v) is 8.74. The Kier molecular flexibility index (Phi) is 3.06. The molecule has 2 aliphatic rings. The number of piperidine rings is 1. The third-order valence-electron chi connectivity index (χ3n) is 3.41. The highest BCUT2D eigenvalue weighted by atomic mass is 16.2. The standard InChI is InChI=1S/C11H19N2O/c1-10(14)13-8-4-5-11(9-13)12-6-2-3-7-12/h11H,1-9H2. The second kappa shape index (κ2) is 4.30. The first-order chi connectivity index (χ1) is 6.77. The Balaban J connectivity index is 1.89. The van der Waals surface area contributed by atoms with Crippen LogP contribution in [0.3, 0.4) is 0 Å². The van der Waals surface area contributed by atoms with E-state index in [4.69, 9.17) is 0 Å². The third-order valence-corrected chi connectivity index (χ3v) is 3.41. The van der Waals surface area contributed by atoms with Crippen molar-refractivity contribution in [3.8, 4) is 0 Å². The van der Waals surface area contributed by atoms with E-state index in [1.807, 2.05) is 4.90 Å². The van der Waals surface area contributed by atoms with Gasteiger partial charge in [-0.25, -0.2) is 0 Å². The summed E-state index contributed by atoms with van der Waals surface area (Å²) in [6.07, 6.45) is 5.05. The van der Waals surface area contributed by atoms with Crippen molar-refractivity contribution in [1.82, 2.24) is 9.80 Å². The van der Waals surface area contributed by atoms with Gasteiger partial charge in [0.15, 0.2) is 0 Å².